The molecule has 0 radical (unpaired) electrons. The standard InChI is InChI=1S/C13H14ClNO/c14-7-11-16-10-3-8-15-9-6-12-4-1-2-5-13(12)15/h1-6,9-10H,7-8,11H2/b10-3+. The van der Waals surface area contributed by atoms with E-state index in [1.165, 1.54) is 10.9 Å². The number of rotatable bonds is 5. The van der Waals surface area contributed by atoms with Gasteiger partial charge in [0.15, 0.2) is 0 Å². The van der Waals surface area contributed by atoms with Crippen LogP contribution in [0.3, 0.4) is 0 Å². The zero-order valence-corrected chi connectivity index (χ0v) is 9.73. The minimum Gasteiger partial charge on any atom is -0.500 e. The predicted molar refractivity (Wildman–Crippen MR) is 67.8 cm³/mol. The van der Waals surface area contributed by atoms with Gasteiger partial charge in [-0.15, -0.1) is 11.6 Å². The van der Waals surface area contributed by atoms with E-state index in [0.29, 0.717) is 12.5 Å². The summed E-state index contributed by atoms with van der Waals surface area (Å²) in [6.07, 6.45) is 5.77. The first kappa shape index (κ1) is 11.1. The molecule has 1 aromatic heterocycles. The number of halogens is 1. The number of allylic oxidation sites excluding steroid dienone is 1. The molecule has 0 spiro atoms. The summed E-state index contributed by atoms with van der Waals surface area (Å²) in [5.74, 6) is 0.525. The second-order valence-corrected chi connectivity index (χ2v) is 3.84. The monoisotopic (exact) mass is 235 g/mol. The third-order valence-corrected chi connectivity index (χ3v) is 2.52. The molecule has 0 amide bonds. The molecule has 2 rings (SSSR count). The number of alkyl halides is 1. The zero-order chi connectivity index (χ0) is 11.2. The number of aromatic nitrogens is 1. The molecular weight excluding hydrogens is 222 g/mol. The van der Waals surface area contributed by atoms with Gasteiger partial charge in [0.1, 0.15) is 6.61 Å². The number of para-hydroxylation sites is 1. The molecule has 2 aromatic rings. The van der Waals surface area contributed by atoms with Gasteiger partial charge in [-0.3, -0.25) is 0 Å². The summed E-state index contributed by atoms with van der Waals surface area (Å²) in [4.78, 5) is 0. The average molecular weight is 236 g/mol. The topological polar surface area (TPSA) is 14.2 Å². The van der Waals surface area contributed by atoms with E-state index in [0.717, 1.165) is 6.54 Å². The van der Waals surface area contributed by atoms with Crippen LogP contribution in [-0.2, 0) is 11.3 Å². The molecule has 84 valence electrons. The molecule has 0 unspecified atom stereocenters. The molecule has 0 atom stereocenters. The summed E-state index contributed by atoms with van der Waals surface area (Å²) in [7, 11) is 0. The molecule has 0 aliphatic carbocycles. The van der Waals surface area contributed by atoms with Crippen LogP contribution in [0.5, 0.6) is 0 Å². The third kappa shape index (κ3) is 2.58. The first-order valence-electron chi connectivity index (χ1n) is 5.28. The van der Waals surface area contributed by atoms with E-state index in [1.807, 2.05) is 18.2 Å². The van der Waals surface area contributed by atoms with Crippen LogP contribution in [0.1, 0.15) is 0 Å². The summed E-state index contributed by atoms with van der Waals surface area (Å²) < 4.78 is 7.34. The highest BCUT2D eigenvalue weighted by atomic mass is 35.5. The van der Waals surface area contributed by atoms with Gasteiger partial charge in [-0.25, -0.2) is 0 Å². The molecule has 1 heterocycles. The zero-order valence-electron chi connectivity index (χ0n) is 8.97. The Morgan fingerprint density at radius 2 is 2.12 bits per heavy atom. The van der Waals surface area contributed by atoms with Crippen molar-refractivity contribution in [1.82, 2.24) is 4.57 Å². The molecule has 0 fully saturated rings. The lowest BCUT2D eigenvalue weighted by molar-refractivity contribution is 0.270. The molecular formula is C13H14ClNO. The van der Waals surface area contributed by atoms with E-state index >= 15 is 0 Å². The molecule has 0 saturated heterocycles. The fraction of sp³-hybridized carbons (Fsp3) is 0.231. The molecule has 0 aliphatic heterocycles. The van der Waals surface area contributed by atoms with Crippen LogP contribution in [-0.4, -0.2) is 17.1 Å². The van der Waals surface area contributed by atoms with Crippen molar-refractivity contribution in [3.8, 4) is 0 Å². The van der Waals surface area contributed by atoms with Gasteiger partial charge in [0.25, 0.3) is 0 Å². The van der Waals surface area contributed by atoms with Crippen molar-refractivity contribution in [2.45, 2.75) is 6.54 Å². The SMILES string of the molecule is ClCCO/C=C/Cn1ccc2ccccc21. The Morgan fingerprint density at radius 3 is 3.00 bits per heavy atom. The molecule has 0 bridgehead atoms. The maximum Gasteiger partial charge on any atom is 0.101 e. The van der Waals surface area contributed by atoms with Crippen molar-refractivity contribution < 1.29 is 4.74 Å². The molecule has 0 aliphatic rings. The fourth-order valence-electron chi connectivity index (χ4n) is 1.64. The lowest BCUT2D eigenvalue weighted by atomic mass is 10.2. The number of ether oxygens (including phenoxy) is 1. The maximum atomic E-state index is 5.49. The summed E-state index contributed by atoms with van der Waals surface area (Å²) in [5, 5.41) is 1.26. The average Bonchev–Trinajstić information content (AvgIpc) is 2.73. The largest absolute Gasteiger partial charge is 0.500 e. The number of fused-ring (bicyclic) bond motifs is 1. The maximum absolute atomic E-state index is 5.49. The molecule has 3 heteroatoms. The third-order valence-electron chi connectivity index (χ3n) is 2.37. The summed E-state index contributed by atoms with van der Waals surface area (Å²) in [6.45, 7) is 1.38. The summed E-state index contributed by atoms with van der Waals surface area (Å²) in [5.41, 5.74) is 1.24. The number of hydrogen-bond acceptors (Lipinski definition) is 1. The van der Waals surface area contributed by atoms with Gasteiger partial charge in [-0.1, -0.05) is 18.2 Å². The van der Waals surface area contributed by atoms with Gasteiger partial charge in [0, 0.05) is 18.3 Å². The van der Waals surface area contributed by atoms with Crippen LogP contribution >= 0.6 is 11.6 Å². The van der Waals surface area contributed by atoms with Crippen molar-refractivity contribution in [1.29, 1.82) is 0 Å². The Bertz CT molecular complexity index is 475. The van der Waals surface area contributed by atoms with Crippen LogP contribution < -0.4 is 0 Å². The quantitative estimate of drug-likeness (QED) is 0.440. The van der Waals surface area contributed by atoms with E-state index < -0.39 is 0 Å². The normalized spacial score (nSPS) is 11.3. The van der Waals surface area contributed by atoms with Gasteiger partial charge >= 0.3 is 0 Å². The lowest BCUT2D eigenvalue weighted by Gasteiger charge is -2.01. The summed E-state index contributed by atoms with van der Waals surface area (Å²) >= 11 is 5.49. The van der Waals surface area contributed by atoms with Gasteiger partial charge in [-0.05, 0) is 23.6 Å². The second kappa shape index (κ2) is 5.61. The van der Waals surface area contributed by atoms with Crippen molar-refractivity contribution in [2.24, 2.45) is 0 Å². The minimum absolute atomic E-state index is 0.525. The van der Waals surface area contributed by atoms with Gasteiger partial charge < -0.3 is 9.30 Å². The first-order valence-corrected chi connectivity index (χ1v) is 5.82. The van der Waals surface area contributed by atoms with E-state index in [4.69, 9.17) is 16.3 Å². The second-order valence-electron chi connectivity index (χ2n) is 3.46. The minimum atomic E-state index is 0.525. The molecule has 1 aromatic carbocycles. The number of benzene rings is 1. The molecule has 0 N–H and O–H groups in total. The van der Waals surface area contributed by atoms with E-state index in [9.17, 15) is 0 Å². The van der Waals surface area contributed by atoms with Crippen LogP contribution in [0, 0.1) is 0 Å². The van der Waals surface area contributed by atoms with Crippen molar-refractivity contribution in [3.05, 3.63) is 48.9 Å². The van der Waals surface area contributed by atoms with E-state index in [-0.39, 0.29) is 0 Å². The molecule has 0 saturated carbocycles. The van der Waals surface area contributed by atoms with Crippen LogP contribution in [0.15, 0.2) is 48.9 Å². The van der Waals surface area contributed by atoms with Crippen molar-refractivity contribution in [2.75, 3.05) is 12.5 Å². The lowest BCUT2D eigenvalue weighted by Crippen LogP contribution is -1.93. The van der Waals surface area contributed by atoms with E-state index in [2.05, 4.69) is 29.0 Å². The van der Waals surface area contributed by atoms with E-state index in [1.54, 1.807) is 6.26 Å². The van der Waals surface area contributed by atoms with Crippen LogP contribution in [0.4, 0.5) is 0 Å². The van der Waals surface area contributed by atoms with Crippen LogP contribution in [0.25, 0.3) is 10.9 Å². The molecule has 2 nitrogen and oxygen atoms in total. The number of nitrogens with zero attached hydrogens (tertiary/aromatic N) is 1. The highest BCUT2D eigenvalue weighted by Crippen LogP contribution is 2.14. The van der Waals surface area contributed by atoms with Crippen molar-refractivity contribution in [3.63, 3.8) is 0 Å². The number of hydrogen-bond donors (Lipinski definition) is 0. The Morgan fingerprint density at radius 1 is 1.25 bits per heavy atom. The smallest absolute Gasteiger partial charge is 0.101 e. The Labute approximate surface area is 100 Å². The first-order chi connectivity index (χ1) is 7.92. The van der Waals surface area contributed by atoms with Gasteiger partial charge in [0.2, 0.25) is 0 Å². The Balaban J connectivity index is 2.01. The Hall–Kier alpha value is -1.41. The van der Waals surface area contributed by atoms with Crippen LogP contribution in [0.2, 0.25) is 0 Å². The summed E-state index contributed by atoms with van der Waals surface area (Å²) in [6, 6.07) is 10.4. The molecule has 16 heavy (non-hydrogen) atoms. The van der Waals surface area contributed by atoms with Gasteiger partial charge in [-0.2, -0.15) is 0 Å². The predicted octanol–water partition coefficient (Wildman–Crippen LogP) is 3.41. The fourth-order valence-corrected chi connectivity index (χ4v) is 1.73. The van der Waals surface area contributed by atoms with Gasteiger partial charge in [0.05, 0.1) is 12.1 Å². The highest BCUT2D eigenvalue weighted by Gasteiger charge is 1.96. The Kier molecular flexibility index (Phi) is 3.89. The highest BCUT2D eigenvalue weighted by molar-refractivity contribution is 6.17. The van der Waals surface area contributed by atoms with Crippen molar-refractivity contribution >= 4 is 22.5 Å².